The highest BCUT2D eigenvalue weighted by Crippen LogP contribution is 2.21. The molecule has 2 rings (SSSR count). The second-order valence-electron chi connectivity index (χ2n) is 3.91. The van der Waals surface area contributed by atoms with Crippen molar-refractivity contribution in [3.8, 4) is 0 Å². The largest absolute Gasteiger partial charge is 0.368 e. The molecule has 5 nitrogen and oxygen atoms in total. The van der Waals surface area contributed by atoms with Crippen LogP contribution in [0.1, 0.15) is 5.82 Å². The van der Waals surface area contributed by atoms with Gasteiger partial charge in [-0.05, 0) is 12.1 Å². The van der Waals surface area contributed by atoms with Gasteiger partial charge < -0.3 is 10.6 Å². The van der Waals surface area contributed by atoms with Crippen molar-refractivity contribution >= 4 is 23.7 Å². The van der Waals surface area contributed by atoms with Gasteiger partial charge in [0.2, 0.25) is 11.9 Å². The average Bonchev–Trinajstić information content (AvgIpc) is 2.37. The standard InChI is InChI=1S/C12H15N5S/c1-17(2)12-15-10(14-11(13)16-12)8-18-9-6-4-3-5-7-9/h3-7H,8H2,1-2H3,(H2,13,14,15,16). The third-order valence-electron chi connectivity index (χ3n) is 2.20. The number of anilines is 2. The van der Waals surface area contributed by atoms with Crippen LogP contribution in [0.2, 0.25) is 0 Å². The maximum absolute atomic E-state index is 5.67. The molecule has 0 saturated heterocycles. The third kappa shape index (κ3) is 3.33. The van der Waals surface area contributed by atoms with E-state index in [0.29, 0.717) is 17.5 Å². The van der Waals surface area contributed by atoms with Crippen molar-refractivity contribution in [2.24, 2.45) is 0 Å². The zero-order valence-corrected chi connectivity index (χ0v) is 11.2. The summed E-state index contributed by atoms with van der Waals surface area (Å²) < 4.78 is 0. The van der Waals surface area contributed by atoms with Gasteiger partial charge in [-0.2, -0.15) is 15.0 Å². The van der Waals surface area contributed by atoms with Crippen molar-refractivity contribution < 1.29 is 0 Å². The molecule has 0 saturated carbocycles. The van der Waals surface area contributed by atoms with E-state index in [0.717, 1.165) is 0 Å². The molecule has 2 N–H and O–H groups in total. The Kier molecular flexibility index (Phi) is 3.99. The van der Waals surface area contributed by atoms with Gasteiger partial charge in [-0.1, -0.05) is 18.2 Å². The number of hydrogen-bond acceptors (Lipinski definition) is 6. The number of nitrogen functional groups attached to an aromatic ring is 1. The summed E-state index contributed by atoms with van der Waals surface area (Å²) in [6, 6.07) is 10.1. The van der Waals surface area contributed by atoms with E-state index in [-0.39, 0.29) is 5.95 Å². The molecule has 0 bridgehead atoms. The van der Waals surface area contributed by atoms with Crippen LogP contribution in [0.3, 0.4) is 0 Å². The van der Waals surface area contributed by atoms with Crippen LogP contribution in [0, 0.1) is 0 Å². The fourth-order valence-electron chi connectivity index (χ4n) is 1.35. The number of aromatic nitrogens is 3. The lowest BCUT2D eigenvalue weighted by molar-refractivity contribution is 0.919. The van der Waals surface area contributed by atoms with Crippen molar-refractivity contribution in [2.45, 2.75) is 10.6 Å². The molecule has 94 valence electrons. The monoisotopic (exact) mass is 261 g/mol. The van der Waals surface area contributed by atoms with Gasteiger partial charge in [0, 0.05) is 19.0 Å². The van der Waals surface area contributed by atoms with Crippen LogP contribution in [0.4, 0.5) is 11.9 Å². The number of benzene rings is 1. The molecule has 0 aliphatic carbocycles. The predicted octanol–water partition coefficient (Wildman–Crippen LogP) is 1.81. The van der Waals surface area contributed by atoms with Gasteiger partial charge in [0.1, 0.15) is 5.82 Å². The number of rotatable bonds is 4. The summed E-state index contributed by atoms with van der Waals surface area (Å²) in [5.41, 5.74) is 5.67. The topological polar surface area (TPSA) is 67.9 Å². The Morgan fingerprint density at radius 3 is 2.50 bits per heavy atom. The SMILES string of the molecule is CN(C)c1nc(N)nc(CSc2ccccc2)n1. The lowest BCUT2D eigenvalue weighted by atomic mass is 10.4. The Morgan fingerprint density at radius 2 is 1.83 bits per heavy atom. The van der Waals surface area contributed by atoms with Crippen LogP contribution < -0.4 is 10.6 Å². The molecule has 0 radical (unpaired) electrons. The van der Waals surface area contributed by atoms with E-state index < -0.39 is 0 Å². The lowest BCUT2D eigenvalue weighted by Gasteiger charge is -2.11. The first-order valence-corrected chi connectivity index (χ1v) is 6.49. The minimum absolute atomic E-state index is 0.261. The fraction of sp³-hybridized carbons (Fsp3) is 0.250. The minimum Gasteiger partial charge on any atom is -0.368 e. The lowest BCUT2D eigenvalue weighted by Crippen LogP contribution is -2.15. The van der Waals surface area contributed by atoms with Crippen LogP contribution in [-0.2, 0) is 5.75 Å². The van der Waals surface area contributed by atoms with Gasteiger partial charge in [-0.3, -0.25) is 0 Å². The summed E-state index contributed by atoms with van der Waals surface area (Å²) in [4.78, 5) is 15.5. The maximum atomic E-state index is 5.67. The van der Waals surface area contributed by atoms with E-state index >= 15 is 0 Å². The molecular weight excluding hydrogens is 246 g/mol. The van der Waals surface area contributed by atoms with Gasteiger partial charge in [0.05, 0.1) is 5.75 Å². The molecule has 2 aromatic rings. The highest BCUT2D eigenvalue weighted by Gasteiger charge is 2.06. The molecule has 0 amide bonds. The van der Waals surface area contributed by atoms with Gasteiger partial charge in [-0.15, -0.1) is 11.8 Å². The first-order chi connectivity index (χ1) is 8.65. The first-order valence-electron chi connectivity index (χ1n) is 5.51. The van der Waals surface area contributed by atoms with Gasteiger partial charge in [0.15, 0.2) is 0 Å². The molecule has 0 spiro atoms. The minimum atomic E-state index is 0.261. The fourth-order valence-corrected chi connectivity index (χ4v) is 2.13. The Labute approximate surface area is 110 Å². The molecule has 0 fully saturated rings. The molecule has 0 atom stereocenters. The summed E-state index contributed by atoms with van der Waals surface area (Å²) in [7, 11) is 3.76. The second-order valence-corrected chi connectivity index (χ2v) is 4.95. The maximum Gasteiger partial charge on any atom is 0.229 e. The van der Waals surface area contributed by atoms with E-state index in [1.165, 1.54) is 4.90 Å². The van der Waals surface area contributed by atoms with E-state index in [2.05, 4.69) is 27.1 Å². The smallest absolute Gasteiger partial charge is 0.229 e. The molecule has 0 aliphatic rings. The Bertz CT molecular complexity index is 515. The number of hydrogen-bond donors (Lipinski definition) is 1. The highest BCUT2D eigenvalue weighted by atomic mass is 32.2. The number of thioether (sulfide) groups is 1. The van der Waals surface area contributed by atoms with Crippen LogP contribution in [0.5, 0.6) is 0 Å². The highest BCUT2D eigenvalue weighted by molar-refractivity contribution is 7.98. The normalized spacial score (nSPS) is 10.3. The molecule has 0 aliphatic heterocycles. The Morgan fingerprint density at radius 1 is 1.11 bits per heavy atom. The van der Waals surface area contributed by atoms with Gasteiger partial charge in [0.25, 0.3) is 0 Å². The van der Waals surface area contributed by atoms with Crippen molar-refractivity contribution in [1.82, 2.24) is 15.0 Å². The average molecular weight is 261 g/mol. The summed E-state index contributed by atoms with van der Waals surface area (Å²) in [6.07, 6.45) is 0. The number of nitrogens with zero attached hydrogens (tertiary/aromatic N) is 4. The quantitative estimate of drug-likeness (QED) is 0.847. The van der Waals surface area contributed by atoms with Crippen molar-refractivity contribution in [3.63, 3.8) is 0 Å². The first kappa shape index (κ1) is 12.6. The number of nitrogens with two attached hydrogens (primary N) is 1. The van der Waals surface area contributed by atoms with Crippen LogP contribution in [0.15, 0.2) is 35.2 Å². The summed E-state index contributed by atoms with van der Waals surface area (Å²) >= 11 is 1.68. The van der Waals surface area contributed by atoms with Crippen LogP contribution >= 0.6 is 11.8 Å². The third-order valence-corrected chi connectivity index (χ3v) is 3.21. The van der Waals surface area contributed by atoms with Gasteiger partial charge in [-0.25, -0.2) is 0 Å². The molecular formula is C12H15N5S. The van der Waals surface area contributed by atoms with Crippen molar-refractivity contribution in [1.29, 1.82) is 0 Å². The predicted molar refractivity (Wildman–Crippen MR) is 74.6 cm³/mol. The molecule has 1 heterocycles. The zero-order valence-electron chi connectivity index (χ0n) is 10.4. The van der Waals surface area contributed by atoms with E-state index in [1.807, 2.05) is 37.2 Å². The Balaban J connectivity index is 2.10. The van der Waals surface area contributed by atoms with Crippen molar-refractivity contribution in [3.05, 3.63) is 36.2 Å². The van der Waals surface area contributed by atoms with E-state index in [1.54, 1.807) is 11.8 Å². The van der Waals surface area contributed by atoms with Crippen LogP contribution in [-0.4, -0.2) is 29.0 Å². The second kappa shape index (κ2) is 5.68. The van der Waals surface area contributed by atoms with Crippen LogP contribution in [0.25, 0.3) is 0 Å². The zero-order chi connectivity index (χ0) is 13.0. The molecule has 1 aromatic carbocycles. The summed E-state index contributed by atoms with van der Waals surface area (Å²) in [6.45, 7) is 0. The Hall–Kier alpha value is -1.82. The molecule has 18 heavy (non-hydrogen) atoms. The molecule has 6 heteroatoms. The van der Waals surface area contributed by atoms with Gasteiger partial charge >= 0.3 is 0 Å². The van der Waals surface area contributed by atoms with E-state index in [9.17, 15) is 0 Å². The van der Waals surface area contributed by atoms with E-state index in [4.69, 9.17) is 5.73 Å². The molecule has 1 aromatic heterocycles. The summed E-state index contributed by atoms with van der Waals surface area (Å²) in [5.74, 6) is 2.22. The summed E-state index contributed by atoms with van der Waals surface area (Å²) in [5, 5.41) is 0. The van der Waals surface area contributed by atoms with Crippen molar-refractivity contribution in [2.75, 3.05) is 24.7 Å². The molecule has 0 unspecified atom stereocenters.